The molecule has 0 aromatic carbocycles. The first-order valence-corrected chi connectivity index (χ1v) is 6.76. The van der Waals surface area contributed by atoms with Crippen molar-refractivity contribution in [3.63, 3.8) is 0 Å². The quantitative estimate of drug-likeness (QED) is 0.719. The van der Waals surface area contributed by atoms with E-state index in [0.717, 1.165) is 6.42 Å². The standard InChI is InChI=1S/C3H5O.CH3.Ta/c1-2-3-4;;/h2H2,1H3;1H3;. The average molecular weight is 253 g/mol. The molecule has 0 amide bonds. The van der Waals surface area contributed by atoms with Crippen LogP contribution in [0.1, 0.15) is 13.3 Å². The van der Waals surface area contributed by atoms with Crippen LogP contribution in [-0.4, -0.2) is 4.00 Å². The number of rotatable bonds is 2. The Kier molecular flexibility index (Phi) is 3.84. The van der Waals surface area contributed by atoms with Crippen LogP contribution in [0.5, 0.6) is 0 Å². The second-order valence-corrected chi connectivity index (χ2v) is 4.37. The number of carbonyl (C=O) groups excluding carboxylic acids is 1. The Balaban J connectivity index is 2.99. The summed E-state index contributed by atoms with van der Waals surface area (Å²) >= 11 is -0.598. The van der Waals surface area contributed by atoms with Crippen LogP contribution in [0.3, 0.4) is 0 Å². The molecule has 0 N–H and O–H groups in total. The number of carbonyl (C=O) groups is 1. The van der Waals surface area contributed by atoms with Gasteiger partial charge in [0.05, 0.1) is 0 Å². The van der Waals surface area contributed by atoms with Crippen molar-refractivity contribution in [1.82, 2.24) is 0 Å². The summed E-state index contributed by atoms with van der Waals surface area (Å²) in [4.78, 5) is 10.3. The molecule has 0 radical (unpaired) electrons. The van der Waals surface area contributed by atoms with Crippen LogP contribution in [-0.2, 0) is 24.5 Å². The molecule has 35 valence electrons. The minimum atomic E-state index is -0.598. The van der Waals surface area contributed by atoms with Crippen molar-refractivity contribution < 1.29 is 24.5 Å². The van der Waals surface area contributed by atoms with Crippen LogP contribution in [0.25, 0.3) is 0 Å². The Morgan fingerprint density at radius 3 is 2.33 bits per heavy atom. The van der Waals surface area contributed by atoms with Crippen molar-refractivity contribution in [1.29, 1.82) is 0 Å². The van der Waals surface area contributed by atoms with E-state index in [1.165, 1.54) is 0 Å². The molecule has 0 aromatic heterocycles. The molecular weight excluding hydrogens is 245 g/mol. The predicted octanol–water partition coefficient (Wildman–Crippen LogP) is 1.05. The third-order valence-corrected chi connectivity index (χ3v) is 3.48. The van der Waals surface area contributed by atoms with Crippen molar-refractivity contribution in [3.05, 3.63) is 0 Å². The fourth-order valence-electron chi connectivity index (χ4n) is 0.158. The first kappa shape index (κ1) is 6.41. The van der Waals surface area contributed by atoms with E-state index in [2.05, 4.69) is 5.14 Å². The molecule has 0 fully saturated rings. The van der Waals surface area contributed by atoms with Crippen molar-refractivity contribution in [3.8, 4) is 0 Å². The maximum atomic E-state index is 10.3. The molecule has 0 unspecified atom stereocenters. The van der Waals surface area contributed by atoms with Crippen molar-refractivity contribution in [2.45, 2.75) is 18.5 Å². The van der Waals surface area contributed by atoms with Gasteiger partial charge in [0.25, 0.3) is 0 Å². The molecule has 0 saturated carbocycles. The van der Waals surface area contributed by atoms with E-state index >= 15 is 0 Å². The summed E-state index contributed by atoms with van der Waals surface area (Å²) in [5, 5.41) is 2.06. The van der Waals surface area contributed by atoms with E-state index in [-0.39, 0.29) is 0 Å². The molecule has 0 aliphatic rings. The third-order valence-electron chi connectivity index (χ3n) is 0.552. The van der Waals surface area contributed by atoms with Gasteiger partial charge in [-0.25, -0.2) is 0 Å². The molecule has 0 saturated heterocycles. The molecule has 0 heterocycles. The molecule has 0 rings (SSSR count). The molecule has 0 aromatic rings. The molecule has 2 heteroatoms. The van der Waals surface area contributed by atoms with E-state index in [9.17, 15) is 4.79 Å². The molecule has 0 aliphatic heterocycles. The van der Waals surface area contributed by atoms with Gasteiger partial charge < -0.3 is 0 Å². The predicted molar refractivity (Wildman–Crippen MR) is 21.2 cm³/mol. The van der Waals surface area contributed by atoms with Gasteiger partial charge >= 0.3 is 47.0 Å². The molecule has 0 bridgehead atoms. The Hall–Kier alpha value is 0.410. The van der Waals surface area contributed by atoms with Crippen LogP contribution >= 0.6 is 0 Å². The zero-order chi connectivity index (χ0) is 4.99. The fraction of sp³-hybridized carbons (Fsp3) is 0.750. The number of hydrogen-bond donors (Lipinski definition) is 0. The van der Waals surface area contributed by atoms with Crippen molar-refractivity contribution in [2.24, 2.45) is 0 Å². The molecule has 0 aliphatic carbocycles. The normalized spacial score (nSPS) is 7.67. The van der Waals surface area contributed by atoms with E-state index < -0.39 is 19.8 Å². The monoisotopic (exact) mass is 253 g/mol. The third kappa shape index (κ3) is 2.64. The average Bonchev–Trinajstić information content (AvgIpc) is 1.65. The summed E-state index contributed by atoms with van der Waals surface area (Å²) in [7, 11) is 0. The molecule has 0 atom stereocenters. The first-order chi connectivity index (χ1) is 2.81. The van der Waals surface area contributed by atoms with Crippen LogP contribution in [0.2, 0.25) is 5.14 Å². The first-order valence-electron chi connectivity index (χ1n) is 1.94. The summed E-state index contributed by atoms with van der Waals surface area (Å²) < 4.78 is 0.523. The van der Waals surface area contributed by atoms with Crippen LogP contribution in [0.15, 0.2) is 0 Å². The van der Waals surface area contributed by atoms with Gasteiger partial charge in [-0.05, 0) is 0 Å². The van der Waals surface area contributed by atoms with Gasteiger partial charge in [0.2, 0.25) is 0 Å². The Morgan fingerprint density at radius 2 is 2.33 bits per heavy atom. The van der Waals surface area contributed by atoms with Gasteiger partial charge in [-0.2, -0.15) is 0 Å². The van der Waals surface area contributed by atoms with E-state index in [4.69, 9.17) is 0 Å². The maximum absolute atomic E-state index is 10.3. The van der Waals surface area contributed by atoms with Gasteiger partial charge in [0.1, 0.15) is 0 Å². The summed E-state index contributed by atoms with van der Waals surface area (Å²) in [6.07, 6.45) is 0.771. The molecule has 0 spiro atoms. The summed E-state index contributed by atoms with van der Waals surface area (Å²) in [6.45, 7) is 1.93. The topological polar surface area (TPSA) is 17.1 Å². The Labute approximate surface area is 47.4 Å². The minimum absolute atomic E-state index is 0.523. The summed E-state index contributed by atoms with van der Waals surface area (Å²) in [5.74, 6) is 0. The fourth-order valence-corrected chi connectivity index (χ4v) is 1.29. The molecule has 6 heavy (non-hydrogen) atoms. The van der Waals surface area contributed by atoms with Crippen LogP contribution < -0.4 is 0 Å². The molecule has 1 nitrogen and oxygen atoms in total. The van der Waals surface area contributed by atoms with Gasteiger partial charge in [-0.3, -0.25) is 0 Å². The number of hydrogen-bond acceptors (Lipinski definition) is 1. The van der Waals surface area contributed by atoms with Crippen LogP contribution in [0, 0.1) is 0 Å². The van der Waals surface area contributed by atoms with Crippen molar-refractivity contribution >= 4 is 4.00 Å². The SMILES string of the molecule is CC[C](=O)[Ta][CH3]. The van der Waals surface area contributed by atoms with E-state index in [1.807, 2.05) is 6.92 Å². The van der Waals surface area contributed by atoms with Crippen LogP contribution in [0.4, 0.5) is 0 Å². The Bertz CT molecular complexity index is 45.5. The summed E-state index contributed by atoms with van der Waals surface area (Å²) in [5.41, 5.74) is 0. The van der Waals surface area contributed by atoms with E-state index in [0.29, 0.717) is 4.00 Å². The zero-order valence-corrected chi connectivity index (χ0v) is 7.28. The zero-order valence-electron chi connectivity index (χ0n) is 4.06. The van der Waals surface area contributed by atoms with Gasteiger partial charge in [0.15, 0.2) is 0 Å². The summed E-state index contributed by atoms with van der Waals surface area (Å²) in [6, 6.07) is 0. The van der Waals surface area contributed by atoms with Gasteiger partial charge in [-0.15, -0.1) is 0 Å². The second kappa shape index (κ2) is 3.60. The Morgan fingerprint density at radius 1 is 1.83 bits per heavy atom. The van der Waals surface area contributed by atoms with E-state index in [1.54, 1.807) is 0 Å². The molecular formula is C4H8OTa. The van der Waals surface area contributed by atoms with Gasteiger partial charge in [-0.1, -0.05) is 0 Å². The van der Waals surface area contributed by atoms with Gasteiger partial charge in [0, 0.05) is 0 Å². The second-order valence-electron chi connectivity index (χ2n) is 0.971. The van der Waals surface area contributed by atoms with Crippen molar-refractivity contribution in [2.75, 3.05) is 0 Å².